The van der Waals surface area contributed by atoms with Gasteiger partial charge in [0.05, 0.1) is 26.8 Å². The molecule has 1 aromatic heterocycles. The molecule has 1 amide bonds. The molecule has 0 aliphatic rings. The van der Waals surface area contributed by atoms with Gasteiger partial charge >= 0.3 is 0 Å². The highest BCUT2D eigenvalue weighted by atomic mass is 35.5. The van der Waals surface area contributed by atoms with E-state index in [4.69, 9.17) is 28.2 Å². The molecule has 144 valence electrons. The molecule has 29 heavy (non-hydrogen) atoms. The van der Waals surface area contributed by atoms with Crippen molar-refractivity contribution in [1.82, 2.24) is 4.98 Å². The van der Waals surface area contributed by atoms with Crippen LogP contribution < -0.4 is 5.32 Å². The number of aromatic nitrogens is 1. The number of halogens is 2. The number of rotatable bonds is 3. The molecule has 5 heteroatoms. The largest absolute Gasteiger partial charge is 0.322 e. The molecule has 1 heterocycles. The van der Waals surface area contributed by atoms with Crippen molar-refractivity contribution in [1.29, 1.82) is 0 Å². The highest BCUT2D eigenvalue weighted by Gasteiger charge is 2.15. The minimum Gasteiger partial charge on any atom is -0.322 e. The van der Waals surface area contributed by atoms with E-state index in [9.17, 15) is 4.79 Å². The lowest BCUT2D eigenvalue weighted by atomic mass is 10.0. The Kier molecular flexibility index (Phi) is 5.27. The molecule has 0 spiro atoms. The van der Waals surface area contributed by atoms with E-state index in [-0.39, 0.29) is 5.91 Å². The number of anilines is 1. The first kappa shape index (κ1) is 19.4. The second-order valence-electron chi connectivity index (χ2n) is 6.90. The van der Waals surface area contributed by atoms with Gasteiger partial charge in [-0.1, -0.05) is 59.6 Å². The summed E-state index contributed by atoms with van der Waals surface area (Å²) in [5, 5.41) is 4.76. The minimum atomic E-state index is -0.182. The molecule has 0 aliphatic carbocycles. The summed E-state index contributed by atoms with van der Waals surface area (Å²) >= 11 is 12.2. The number of aryl methyl sites for hydroxylation is 1. The van der Waals surface area contributed by atoms with E-state index >= 15 is 0 Å². The topological polar surface area (TPSA) is 42.0 Å². The van der Waals surface area contributed by atoms with Gasteiger partial charge in [0.1, 0.15) is 0 Å². The molecule has 0 radical (unpaired) electrons. The summed E-state index contributed by atoms with van der Waals surface area (Å²) in [4.78, 5) is 17.9. The van der Waals surface area contributed by atoms with Crippen molar-refractivity contribution in [2.75, 3.05) is 5.32 Å². The Morgan fingerprint density at radius 3 is 2.48 bits per heavy atom. The molecule has 0 saturated heterocycles. The first-order valence-corrected chi connectivity index (χ1v) is 9.92. The van der Waals surface area contributed by atoms with Gasteiger partial charge < -0.3 is 5.32 Å². The van der Waals surface area contributed by atoms with Crippen LogP contribution >= 0.6 is 23.2 Å². The zero-order chi connectivity index (χ0) is 20.5. The van der Waals surface area contributed by atoms with Gasteiger partial charge in [-0.05, 0) is 55.3 Å². The van der Waals surface area contributed by atoms with Gasteiger partial charge in [-0.2, -0.15) is 0 Å². The first-order chi connectivity index (χ1) is 13.9. The molecule has 1 N–H and O–H groups in total. The molecular formula is C24H18Cl2N2O. The van der Waals surface area contributed by atoms with Crippen LogP contribution in [0.2, 0.25) is 10.0 Å². The second kappa shape index (κ2) is 7.86. The summed E-state index contributed by atoms with van der Waals surface area (Å²) in [6.07, 6.45) is 0. The molecule has 0 bridgehead atoms. The van der Waals surface area contributed by atoms with Crippen molar-refractivity contribution in [3.63, 3.8) is 0 Å². The zero-order valence-corrected chi connectivity index (χ0v) is 17.5. The monoisotopic (exact) mass is 420 g/mol. The highest BCUT2D eigenvalue weighted by Crippen LogP contribution is 2.30. The molecule has 4 rings (SSSR count). The molecule has 4 aromatic rings. The van der Waals surface area contributed by atoms with E-state index in [1.165, 1.54) is 0 Å². The van der Waals surface area contributed by atoms with Crippen LogP contribution in [0.5, 0.6) is 0 Å². The summed E-state index contributed by atoms with van der Waals surface area (Å²) in [5.41, 5.74) is 5.72. The van der Waals surface area contributed by atoms with Crippen LogP contribution in [0.4, 0.5) is 5.69 Å². The van der Waals surface area contributed by atoms with E-state index < -0.39 is 0 Å². The predicted molar refractivity (Wildman–Crippen MR) is 121 cm³/mol. The zero-order valence-electron chi connectivity index (χ0n) is 16.0. The molecule has 3 aromatic carbocycles. The Balaban J connectivity index is 1.83. The number of hydrogen-bond acceptors (Lipinski definition) is 2. The fourth-order valence-corrected chi connectivity index (χ4v) is 3.54. The van der Waals surface area contributed by atoms with Gasteiger partial charge in [0.2, 0.25) is 0 Å². The number of benzene rings is 3. The van der Waals surface area contributed by atoms with Gasteiger partial charge in [0.15, 0.2) is 0 Å². The van der Waals surface area contributed by atoms with Crippen molar-refractivity contribution in [2.45, 2.75) is 13.8 Å². The van der Waals surface area contributed by atoms with Crippen LogP contribution in [0.15, 0.2) is 66.7 Å². The number of carbonyl (C=O) groups excluding carboxylic acids is 1. The molecule has 0 fully saturated rings. The number of para-hydroxylation sites is 1. The average molecular weight is 421 g/mol. The number of fused-ring (bicyclic) bond motifs is 1. The van der Waals surface area contributed by atoms with Crippen LogP contribution in [-0.4, -0.2) is 10.9 Å². The van der Waals surface area contributed by atoms with Gasteiger partial charge in [-0.3, -0.25) is 4.79 Å². The molecular weight excluding hydrogens is 403 g/mol. The fourth-order valence-electron chi connectivity index (χ4n) is 3.24. The van der Waals surface area contributed by atoms with Crippen LogP contribution in [0.3, 0.4) is 0 Å². The summed E-state index contributed by atoms with van der Waals surface area (Å²) in [6.45, 7) is 4.02. The van der Waals surface area contributed by atoms with Crippen molar-refractivity contribution >= 4 is 45.7 Å². The number of carbonyl (C=O) groups is 1. The average Bonchev–Trinajstić information content (AvgIpc) is 2.72. The normalized spacial score (nSPS) is 10.9. The number of nitrogens with one attached hydrogen (secondary N) is 1. The minimum absolute atomic E-state index is 0.182. The maximum Gasteiger partial charge on any atom is 0.256 e. The Morgan fingerprint density at radius 2 is 1.69 bits per heavy atom. The smallest absolute Gasteiger partial charge is 0.256 e. The van der Waals surface area contributed by atoms with Crippen molar-refractivity contribution in [3.8, 4) is 11.3 Å². The lowest BCUT2D eigenvalue weighted by Gasteiger charge is -2.13. The van der Waals surface area contributed by atoms with Crippen molar-refractivity contribution < 1.29 is 4.79 Å². The Hall–Kier alpha value is -2.88. The van der Waals surface area contributed by atoms with Gasteiger partial charge in [-0.15, -0.1) is 0 Å². The molecule has 0 unspecified atom stereocenters. The summed E-state index contributed by atoms with van der Waals surface area (Å²) in [7, 11) is 0. The van der Waals surface area contributed by atoms with Gasteiger partial charge in [0, 0.05) is 16.6 Å². The summed E-state index contributed by atoms with van der Waals surface area (Å²) in [5.74, 6) is -0.182. The summed E-state index contributed by atoms with van der Waals surface area (Å²) in [6, 6.07) is 20.6. The quantitative estimate of drug-likeness (QED) is 0.384. The van der Waals surface area contributed by atoms with Gasteiger partial charge in [0.25, 0.3) is 5.91 Å². The SMILES string of the molecule is Cc1cccc(NC(=O)c2cc(-c3ccc(Cl)c(Cl)c3)nc3ccccc23)c1C. The third-order valence-corrected chi connectivity index (χ3v) is 5.77. The molecule has 3 nitrogen and oxygen atoms in total. The molecule has 0 saturated carbocycles. The van der Waals surface area contributed by atoms with Crippen LogP contribution in [0, 0.1) is 13.8 Å². The number of nitrogens with zero attached hydrogens (tertiary/aromatic N) is 1. The van der Waals surface area contributed by atoms with Crippen LogP contribution in [0.1, 0.15) is 21.5 Å². The van der Waals surface area contributed by atoms with E-state index in [0.717, 1.165) is 33.3 Å². The maximum absolute atomic E-state index is 13.2. The highest BCUT2D eigenvalue weighted by molar-refractivity contribution is 6.42. The molecule has 0 aliphatic heterocycles. The molecule has 0 atom stereocenters. The predicted octanol–water partition coefficient (Wildman–Crippen LogP) is 7.08. The maximum atomic E-state index is 13.2. The third-order valence-electron chi connectivity index (χ3n) is 5.03. The standard InChI is InChI=1S/C24H18Cl2N2O/c1-14-6-5-9-21(15(14)2)28-24(29)18-13-23(16-10-11-19(25)20(26)12-16)27-22-8-4-3-7-17(18)22/h3-13H,1-2H3,(H,28,29). The lowest BCUT2D eigenvalue weighted by molar-refractivity contribution is 0.102. The number of amides is 1. The second-order valence-corrected chi connectivity index (χ2v) is 7.72. The number of pyridine rings is 1. The Labute approximate surface area is 179 Å². The summed E-state index contributed by atoms with van der Waals surface area (Å²) < 4.78 is 0. The Bertz CT molecular complexity index is 1250. The van der Waals surface area contributed by atoms with E-state index in [1.807, 2.05) is 62.4 Å². The number of hydrogen-bond donors (Lipinski definition) is 1. The van der Waals surface area contributed by atoms with Crippen molar-refractivity contribution in [2.24, 2.45) is 0 Å². The fraction of sp³-hybridized carbons (Fsp3) is 0.0833. The third kappa shape index (κ3) is 3.84. The van der Waals surface area contributed by atoms with Crippen LogP contribution in [0.25, 0.3) is 22.2 Å². The van der Waals surface area contributed by atoms with E-state index in [0.29, 0.717) is 21.3 Å². The van der Waals surface area contributed by atoms with E-state index in [1.54, 1.807) is 18.2 Å². The Morgan fingerprint density at radius 1 is 0.897 bits per heavy atom. The van der Waals surface area contributed by atoms with E-state index in [2.05, 4.69) is 5.32 Å². The van der Waals surface area contributed by atoms with Crippen molar-refractivity contribution in [3.05, 3.63) is 93.5 Å². The van der Waals surface area contributed by atoms with Crippen LogP contribution in [-0.2, 0) is 0 Å². The lowest BCUT2D eigenvalue weighted by Crippen LogP contribution is -2.14. The van der Waals surface area contributed by atoms with Gasteiger partial charge in [-0.25, -0.2) is 4.98 Å². The first-order valence-electron chi connectivity index (χ1n) is 9.17.